The van der Waals surface area contributed by atoms with Crippen LogP contribution in [0.5, 0.6) is 0 Å². The lowest BCUT2D eigenvalue weighted by Crippen LogP contribution is -2.43. The van der Waals surface area contributed by atoms with E-state index in [1.54, 1.807) is 0 Å². The predicted molar refractivity (Wildman–Crippen MR) is 106 cm³/mol. The van der Waals surface area contributed by atoms with E-state index in [1.165, 1.54) is 37.7 Å². The molecule has 0 bridgehead atoms. The topological polar surface area (TPSA) is 62.5 Å². The number of halogens is 1. The number of aryl methyl sites for hydroxylation is 2. The first kappa shape index (κ1) is 20.3. The average molecular weight is 434 g/mol. The zero-order chi connectivity index (χ0) is 16.0. The van der Waals surface area contributed by atoms with Gasteiger partial charge in [-0.15, -0.1) is 24.0 Å². The van der Waals surface area contributed by atoms with Crippen molar-refractivity contribution in [1.29, 1.82) is 0 Å². The summed E-state index contributed by atoms with van der Waals surface area (Å²) in [5.41, 5.74) is 2.65. The summed E-state index contributed by atoms with van der Waals surface area (Å²) in [7, 11) is 1.83. The molecule has 1 fully saturated rings. The van der Waals surface area contributed by atoms with Crippen molar-refractivity contribution < 1.29 is 4.52 Å². The zero-order valence-electron chi connectivity index (χ0n) is 14.9. The second-order valence-corrected chi connectivity index (χ2v) is 6.47. The number of nitrogens with one attached hydrogen (secondary N) is 2. The summed E-state index contributed by atoms with van der Waals surface area (Å²) < 4.78 is 5.20. The number of hydrogen-bond donors (Lipinski definition) is 2. The highest BCUT2D eigenvalue weighted by Crippen LogP contribution is 2.40. The second kappa shape index (κ2) is 9.49. The molecule has 0 unspecified atom stereocenters. The minimum Gasteiger partial charge on any atom is -0.361 e. The van der Waals surface area contributed by atoms with Crippen molar-refractivity contribution in [2.75, 3.05) is 20.1 Å². The van der Waals surface area contributed by atoms with Crippen LogP contribution in [0.3, 0.4) is 0 Å². The van der Waals surface area contributed by atoms with Gasteiger partial charge in [0.15, 0.2) is 5.96 Å². The van der Waals surface area contributed by atoms with E-state index in [2.05, 4.69) is 27.7 Å². The van der Waals surface area contributed by atoms with Gasteiger partial charge in [0.05, 0.1) is 5.69 Å². The fourth-order valence-corrected chi connectivity index (χ4v) is 3.44. The van der Waals surface area contributed by atoms with Gasteiger partial charge in [0.25, 0.3) is 0 Å². The normalized spacial score (nSPS) is 17.0. The monoisotopic (exact) mass is 434 g/mol. The fourth-order valence-electron chi connectivity index (χ4n) is 3.44. The summed E-state index contributed by atoms with van der Waals surface area (Å²) in [4.78, 5) is 4.33. The molecule has 1 aliphatic rings. The molecule has 1 aromatic heterocycles. The molecular weight excluding hydrogens is 403 g/mol. The first-order valence-electron chi connectivity index (χ1n) is 8.46. The first-order chi connectivity index (χ1) is 10.6. The molecule has 5 nitrogen and oxygen atoms in total. The van der Waals surface area contributed by atoms with Crippen molar-refractivity contribution in [3.8, 4) is 0 Å². The molecule has 1 aromatic rings. The lowest BCUT2D eigenvalue weighted by atomic mass is 9.83. The van der Waals surface area contributed by atoms with Gasteiger partial charge in [-0.1, -0.05) is 24.9 Å². The van der Waals surface area contributed by atoms with Crippen molar-refractivity contribution in [1.82, 2.24) is 15.8 Å². The third-order valence-electron chi connectivity index (χ3n) is 5.12. The Morgan fingerprint density at radius 1 is 1.26 bits per heavy atom. The minimum absolute atomic E-state index is 0. The Bertz CT molecular complexity index is 487. The lowest BCUT2D eigenvalue weighted by molar-refractivity contribution is 0.283. The molecule has 2 rings (SSSR count). The van der Waals surface area contributed by atoms with E-state index in [-0.39, 0.29) is 24.0 Å². The van der Waals surface area contributed by atoms with Crippen LogP contribution < -0.4 is 10.6 Å². The Hall–Kier alpha value is -0.790. The molecule has 0 spiro atoms. The highest BCUT2D eigenvalue weighted by Gasteiger charge is 2.31. The number of hydrogen-bond acceptors (Lipinski definition) is 3. The van der Waals surface area contributed by atoms with Gasteiger partial charge < -0.3 is 15.2 Å². The number of guanidine groups is 1. The Labute approximate surface area is 157 Å². The zero-order valence-corrected chi connectivity index (χ0v) is 17.2. The van der Waals surface area contributed by atoms with E-state index in [4.69, 9.17) is 4.52 Å². The number of aromatic nitrogens is 1. The third-order valence-corrected chi connectivity index (χ3v) is 5.12. The summed E-state index contributed by atoms with van der Waals surface area (Å²) >= 11 is 0. The standard InChI is InChI=1S/C17H30N4O.HI/c1-5-17(9-6-7-10-17)12-20-16(18-4)19-11-8-15-13(2)21-22-14(15)3;/h5-12H2,1-4H3,(H2,18,19,20);1H. The highest BCUT2D eigenvalue weighted by molar-refractivity contribution is 14.0. The van der Waals surface area contributed by atoms with Crippen molar-refractivity contribution in [3.63, 3.8) is 0 Å². The molecule has 0 saturated heterocycles. The van der Waals surface area contributed by atoms with Gasteiger partial charge in [0.1, 0.15) is 5.76 Å². The van der Waals surface area contributed by atoms with E-state index < -0.39 is 0 Å². The van der Waals surface area contributed by atoms with Gasteiger partial charge >= 0.3 is 0 Å². The average Bonchev–Trinajstić information content (AvgIpc) is 3.12. The Balaban J connectivity index is 0.00000264. The lowest BCUT2D eigenvalue weighted by Gasteiger charge is -2.28. The van der Waals surface area contributed by atoms with Crippen molar-refractivity contribution in [3.05, 3.63) is 17.0 Å². The number of rotatable bonds is 6. The van der Waals surface area contributed by atoms with Crippen LogP contribution in [0, 0.1) is 19.3 Å². The molecule has 132 valence electrons. The molecule has 1 heterocycles. The maximum atomic E-state index is 5.20. The molecule has 1 aliphatic carbocycles. The Morgan fingerprint density at radius 2 is 1.96 bits per heavy atom. The van der Waals surface area contributed by atoms with Crippen LogP contribution in [0.25, 0.3) is 0 Å². The Kier molecular flexibility index (Phi) is 8.36. The molecule has 0 aromatic carbocycles. The SMILES string of the molecule is CCC1(CNC(=NC)NCCc2c(C)noc2C)CCCC1.I. The highest BCUT2D eigenvalue weighted by atomic mass is 127. The summed E-state index contributed by atoms with van der Waals surface area (Å²) in [5.74, 6) is 1.81. The number of aliphatic imine (C=N–C) groups is 1. The van der Waals surface area contributed by atoms with Crippen molar-refractivity contribution in [2.24, 2.45) is 10.4 Å². The van der Waals surface area contributed by atoms with E-state index >= 15 is 0 Å². The van der Waals surface area contributed by atoms with E-state index in [1.807, 2.05) is 20.9 Å². The molecule has 0 amide bonds. The van der Waals surface area contributed by atoms with Crippen LogP contribution in [0.2, 0.25) is 0 Å². The van der Waals surface area contributed by atoms with Crippen LogP contribution >= 0.6 is 24.0 Å². The Morgan fingerprint density at radius 3 is 2.48 bits per heavy atom. The van der Waals surface area contributed by atoms with E-state index in [0.29, 0.717) is 5.41 Å². The molecule has 6 heteroatoms. The largest absolute Gasteiger partial charge is 0.361 e. The van der Waals surface area contributed by atoms with Gasteiger partial charge in [0, 0.05) is 25.7 Å². The van der Waals surface area contributed by atoms with Crippen LogP contribution in [0.15, 0.2) is 9.52 Å². The summed E-state index contributed by atoms with van der Waals surface area (Å²) in [6, 6.07) is 0. The van der Waals surface area contributed by atoms with Gasteiger partial charge in [-0.05, 0) is 44.9 Å². The van der Waals surface area contributed by atoms with Crippen LogP contribution in [-0.4, -0.2) is 31.3 Å². The third kappa shape index (κ3) is 5.36. The van der Waals surface area contributed by atoms with Gasteiger partial charge in [-0.3, -0.25) is 4.99 Å². The van der Waals surface area contributed by atoms with Gasteiger partial charge in [-0.2, -0.15) is 0 Å². The van der Waals surface area contributed by atoms with E-state index in [9.17, 15) is 0 Å². The molecule has 0 atom stereocenters. The van der Waals surface area contributed by atoms with Crippen molar-refractivity contribution >= 4 is 29.9 Å². The molecule has 0 radical (unpaired) electrons. The predicted octanol–water partition coefficient (Wildman–Crippen LogP) is 3.59. The van der Waals surface area contributed by atoms with E-state index in [0.717, 1.165) is 36.9 Å². The summed E-state index contributed by atoms with van der Waals surface area (Å²) in [6.45, 7) is 8.12. The summed E-state index contributed by atoms with van der Waals surface area (Å²) in [6.07, 6.45) is 7.57. The quantitative estimate of drug-likeness (QED) is 0.408. The maximum Gasteiger partial charge on any atom is 0.191 e. The first-order valence-corrected chi connectivity index (χ1v) is 8.46. The molecule has 0 aliphatic heterocycles. The van der Waals surface area contributed by atoms with Crippen LogP contribution in [0.4, 0.5) is 0 Å². The summed E-state index contributed by atoms with van der Waals surface area (Å²) in [5, 5.41) is 10.9. The maximum absolute atomic E-state index is 5.20. The minimum atomic E-state index is 0. The van der Waals surface area contributed by atoms with Gasteiger partial charge in [-0.25, -0.2) is 0 Å². The van der Waals surface area contributed by atoms with Crippen LogP contribution in [0.1, 0.15) is 56.0 Å². The molecule has 2 N–H and O–H groups in total. The smallest absolute Gasteiger partial charge is 0.191 e. The fraction of sp³-hybridized carbons (Fsp3) is 0.765. The van der Waals surface area contributed by atoms with Gasteiger partial charge in [0.2, 0.25) is 0 Å². The molecule has 1 saturated carbocycles. The molecular formula is C17H31IN4O. The molecule has 23 heavy (non-hydrogen) atoms. The second-order valence-electron chi connectivity index (χ2n) is 6.47. The van der Waals surface area contributed by atoms with Crippen molar-refractivity contribution in [2.45, 2.75) is 59.3 Å². The van der Waals surface area contributed by atoms with Crippen LogP contribution in [-0.2, 0) is 6.42 Å². The number of nitrogens with zero attached hydrogens (tertiary/aromatic N) is 2.